The van der Waals surface area contributed by atoms with E-state index in [0.29, 0.717) is 30.0 Å². The fraction of sp³-hybridized carbons (Fsp3) is 0.385. The van der Waals surface area contributed by atoms with Crippen molar-refractivity contribution in [1.82, 2.24) is 10.6 Å². The van der Waals surface area contributed by atoms with E-state index in [-0.39, 0.29) is 11.8 Å². The van der Waals surface area contributed by atoms with Crippen LogP contribution >= 0.6 is 0 Å². The Kier molecular flexibility index (Phi) is 3.89. The standard InChI is InChI=1S/C13H17N3O3/c1-19-11-7-8(4-5-9(11)14)12(17)16-10-3-2-6-15-13(10)18/h4-5,7,10H,2-3,6,14H2,1H3,(H,15,18)(H,16,17). The van der Waals surface area contributed by atoms with Crippen LogP contribution in [0.3, 0.4) is 0 Å². The molecule has 0 bridgehead atoms. The summed E-state index contributed by atoms with van der Waals surface area (Å²) < 4.78 is 5.06. The minimum absolute atomic E-state index is 0.137. The van der Waals surface area contributed by atoms with Gasteiger partial charge in [0.2, 0.25) is 5.91 Å². The van der Waals surface area contributed by atoms with Crippen LogP contribution in [0.15, 0.2) is 18.2 Å². The van der Waals surface area contributed by atoms with Crippen LogP contribution in [0.5, 0.6) is 5.75 Å². The summed E-state index contributed by atoms with van der Waals surface area (Å²) in [6, 6.07) is 4.30. The highest BCUT2D eigenvalue weighted by atomic mass is 16.5. The van der Waals surface area contributed by atoms with Gasteiger partial charge in [0.25, 0.3) is 5.91 Å². The van der Waals surface area contributed by atoms with Crippen molar-refractivity contribution in [3.8, 4) is 5.75 Å². The lowest BCUT2D eigenvalue weighted by Crippen LogP contribution is -2.50. The Hall–Kier alpha value is -2.24. The second-order valence-electron chi connectivity index (χ2n) is 4.42. The van der Waals surface area contributed by atoms with Crippen LogP contribution in [0.4, 0.5) is 5.69 Å². The highest BCUT2D eigenvalue weighted by Crippen LogP contribution is 2.22. The average molecular weight is 263 g/mol. The fourth-order valence-electron chi connectivity index (χ4n) is 2.00. The van der Waals surface area contributed by atoms with Crippen LogP contribution in [0.1, 0.15) is 23.2 Å². The van der Waals surface area contributed by atoms with Crippen molar-refractivity contribution >= 4 is 17.5 Å². The Morgan fingerprint density at radius 1 is 1.53 bits per heavy atom. The van der Waals surface area contributed by atoms with Gasteiger partial charge in [-0.1, -0.05) is 0 Å². The number of carbonyl (C=O) groups is 2. The van der Waals surface area contributed by atoms with Crippen LogP contribution in [-0.2, 0) is 4.79 Å². The summed E-state index contributed by atoms with van der Waals surface area (Å²) in [6.07, 6.45) is 1.52. The van der Waals surface area contributed by atoms with E-state index >= 15 is 0 Å². The number of nitrogens with one attached hydrogen (secondary N) is 2. The highest BCUT2D eigenvalue weighted by Gasteiger charge is 2.24. The van der Waals surface area contributed by atoms with E-state index in [1.165, 1.54) is 7.11 Å². The van der Waals surface area contributed by atoms with Gasteiger partial charge in [-0.2, -0.15) is 0 Å². The molecule has 1 aliphatic rings. The van der Waals surface area contributed by atoms with Crippen LogP contribution in [0, 0.1) is 0 Å². The highest BCUT2D eigenvalue weighted by molar-refractivity contribution is 5.98. The van der Waals surface area contributed by atoms with Crippen molar-refractivity contribution in [3.63, 3.8) is 0 Å². The number of ether oxygens (including phenoxy) is 1. The molecule has 0 spiro atoms. The topological polar surface area (TPSA) is 93.5 Å². The summed E-state index contributed by atoms with van der Waals surface area (Å²) in [4.78, 5) is 23.6. The molecule has 6 heteroatoms. The Balaban J connectivity index is 2.09. The number of carbonyl (C=O) groups excluding carboxylic acids is 2. The smallest absolute Gasteiger partial charge is 0.252 e. The lowest BCUT2D eigenvalue weighted by atomic mass is 10.1. The number of amides is 2. The summed E-state index contributed by atoms with van der Waals surface area (Å²) in [5, 5.41) is 5.43. The molecule has 6 nitrogen and oxygen atoms in total. The van der Waals surface area contributed by atoms with E-state index in [2.05, 4.69) is 10.6 Å². The SMILES string of the molecule is COc1cc(C(=O)NC2CCCNC2=O)ccc1N. The Morgan fingerprint density at radius 2 is 2.32 bits per heavy atom. The molecule has 1 fully saturated rings. The van der Waals surface area contributed by atoms with Crippen LogP contribution in [0.2, 0.25) is 0 Å². The third-order valence-electron chi connectivity index (χ3n) is 3.09. The third kappa shape index (κ3) is 2.96. The van der Waals surface area contributed by atoms with Crippen molar-refractivity contribution in [2.45, 2.75) is 18.9 Å². The zero-order valence-electron chi connectivity index (χ0n) is 10.7. The molecule has 19 heavy (non-hydrogen) atoms. The number of nitrogens with two attached hydrogens (primary N) is 1. The van der Waals surface area contributed by atoms with Crippen LogP contribution in [-0.4, -0.2) is 31.5 Å². The van der Waals surface area contributed by atoms with Crippen molar-refractivity contribution in [2.75, 3.05) is 19.4 Å². The van der Waals surface area contributed by atoms with E-state index < -0.39 is 6.04 Å². The first-order valence-corrected chi connectivity index (χ1v) is 6.14. The lowest BCUT2D eigenvalue weighted by Gasteiger charge is -2.22. The molecular weight excluding hydrogens is 246 g/mol. The molecule has 1 aromatic carbocycles. The first-order valence-electron chi connectivity index (χ1n) is 6.14. The van der Waals surface area contributed by atoms with Gasteiger partial charge in [-0.25, -0.2) is 0 Å². The number of anilines is 1. The van der Waals surface area contributed by atoms with E-state index in [4.69, 9.17) is 10.5 Å². The van der Waals surface area contributed by atoms with Gasteiger partial charge in [0.1, 0.15) is 11.8 Å². The summed E-state index contributed by atoms with van der Waals surface area (Å²) >= 11 is 0. The maximum absolute atomic E-state index is 12.1. The van der Waals surface area contributed by atoms with E-state index in [1.807, 2.05) is 0 Å². The Bertz CT molecular complexity index is 502. The minimum atomic E-state index is -0.468. The fourth-order valence-corrected chi connectivity index (χ4v) is 2.00. The van der Waals surface area contributed by atoms with Gasteiger partial charge in [-0.3, -0.25) is 9.59 Å². The number of nitrogen functional groups attached to an aromatic ring is 1. The number of rotatable bonds is 3. The monoisotopic (exact) mass is 263 g/mol. The summed E-state index contributed by atoms with van der Waals surface area (Å²) in [7, 11) is 1.49. The zero-order chi connectivity index (χ0) is 13.8. The van der Waals surface area contributed by atoms with Crippen LogP contribution in [0.25, 0.3) is 0 Å². The molecule has 0 radical (unpaired) electrons. The second-order valence-corrected chi connectivity index (χ2v) is 4.42. The van der Waals surface area contributed by atoms with Gasteiger partial charge in [0, 0.05) is 12.1 Å². The van der Waals surface area contributed by atoms with Gasteiger partial charge in [-0.15, -0.1) is 0 Å². The summed E-state index contributed by atoms with van der Waals surface area (Å²) in [5.74, 6) is 0.00288. The first kappa shape index (κ1) is 13.2. The molecule has 1 saturated heterocycles. The molecule has 1 heterocycles. The molecule has 0 aliphatic carbocycles. The van der Waals surface area contributed by atoms with Gasteiger partial charge < -0.3 is 21.1 Å². The third-order valence-corrected chi connectivity index (χ3v) is 3.09. The van der Waals surface area contributed by atoms with Crippen molar-refractivity contribution < 1.29 is 14.3 Å². The van der Waals surface area contributed by atoms with Crippen LogP contribution < -0.4 is 21.1 Å². The number of benzene rings is 1. The van der Waals surface area contributed by atoms with Crippen molar-refractivity contribution in [3.05, 3.63) is 23.8 Å². The maximum Gasteiger partial charge on any atom is 0.252 e. The van der Waals surface area contributed by atoms with E-state index in [0.717, 1.165) is 6.42 Å². The molecule has 1 aromatic rings. The van der Waals surface area contributed by atoms with Crippen molar-refractivity contribution in [1.29, 1.82) is 0 Å². The predicted octanol–water partition coefficient (Wildman–Crippen LogP) is 0.286. The molecule has 4 N–H and O–H groups in total. The predicted molar refractivity (Wildman–Crippen MR) is 70.9 cm³/mol. The number of hydrogen-bond donors (Lipinski definition) is 3. The van der Waals surface area contributed by atoms with Gasteiger partial charge in [0.15, 0.2) is 0 Å². The number of methoxy groups -OCH3 is 1. The average Bonchev–Trinajstić information content (AvgIpc) is 2.42. The maximum atomic E-state index is 12.1. The summed E-state index contributed by atoms with van der Waals surface area (Å²) in [5.41, 5.74) is 6.57. The number of piperidine rings is 1. The molecular formula is C13H17N3O3. The molecule has 0 saturated carbocycles. The lowest BCUT2D eigenvalue weighted by molar-refractivity contribution is -0.124. The number of hydrogen-bond acceptors (Lipinski definition) is 4. The molecule has 0 aromatic heterocycles. The Morgan fingerprint density at radius 3 is 3.00 bits per heavy atom. The van der Waals surface area contributed by atoms with E-state index in [1.54, 1.807) is 18.2 Å². The summed E-state index contributed by atoms with van der Waals surface area (Å²) in [6.45, 7) is 0.668. The molecule has 2 rings (SSSR count). The van der Waals surface area contributed by atoms with Gasteiger partial charge >= 0.3 is 0 Å². The van der Waals surface area contributed by atoms with Gasteiger partial charge in [-0.05, 0) is 31.0 Å². The second kappa shape index (κ2) is 5.60. The molecule has 1 atom stereocenters. The molecule has 2 amide bonds. The van der Waals surface area contributed by atoms with E-state index in [9.17, 15) is 9.59 Å². The molecule has 102 valence electrons. The zero-order valence-corrected chi connectivity index (χ0v) is 10.7. The quantitative estimate of drug-likeness (QED) is 0.683. The van der Waals surface area contributed by atoms with Crippen molar-refractivity contribution in [2.24, 2.45) is 0 Å². The molecule has 1 aliphatic heterocycles. The largest absolute Gasteiger partial charge is 0.495 e. The molecule has 1 unspecified atom stereocenters. The first-order chi connectivity index (χ1) is 9.11. The minimum Gasteiger partial charge on any atom is -0.495 e. The normalized spacial score (nSPS) is 18.6. The van der Waals surface area contributed by atoms with Gasteiger partial charge in [0.05, 0.1) is 12.8 Å². The Labute approximate surface area is 111 Å².